The Hall–Kier alpha value is -0.430. The standard InChI is InChI=1S/C12H16S.H2/c13-9-3-5-11-8-7-10-4-1-2-6-12(10)11;/h1-2,4,6,11,13H,3,5,7-9H2;1H. The normalized spacial score (nSPS) is 20.2. The van der Waals surface area contributed by atoms with Crippen LogP contribution in [-0.2, 0) is 6.42 Å². The molecule has 0 spiro atoms. The van der Waals surface area contributed by atoms with Gasteiger partial charge in [0.2, 0.25) is 0 Å². The Morgan fingerprint density at radius 1 is 1.38 bits per heavy atom. The van der Waals surface area contributed by atoms with Gasteiger partial charge in [0.05, 0.1) is 0 Å². The van der Waals surface area contributed by atoms with Crippen LogP contribution < -0.4 is 0 Å². The highest BCUT2D eigenvalue weighted by Crippen LogP contribution is 2.35. The monoisotopic (exact) mass is 194 g/mol. The summed E-state index contributed by atoms with van der Waals surface area (Å²) in [4.78, 5) is 0. The van der Waals surface area contributed by atoms with Gasteiger partial charge in [0.15, 0.2) is 0 Å². The largest absolute Gasteiger partial charge is 0.179 e. The minimum absolute atomic E-state index is 0. The van der Waals surface area contributed by atoms with Crippen molar-refractivity contribution in [1.29, 1.82) is 0 Å². The molecule has 0 nitrogen and oxygen atoms in total. The number of aryl methyl sites for hydroxylation is 1. The predicted octanol–water partition coefficient (Wildman–Crippen LogP) is 3.67. The van der Waals surface area contributed by atoms with Gasteiger partial charge in [-0.1, -0.05) is 24.3 Å². The highest BCUT2D eigenvalue weighted by molar-refractivity contribution is 7.80. The molecule has 1 aliphatic carbocycles. The first kappa shape index (κ1) is 9.14. The molecule has 1 aromatic rings. The van der Waals surface area contributed by atoms with E-state index in [0.29, 0.717) is 0 Å². The quantitative estimate of drug-likeness (QED) is 0.697. The van der Waals surface area contributed by atoms with Crippen LogP contribution in [0.1, 0.15) is 37.7 Å². The van der Waals surface area contributed by atoms with Gasteiger partial charge in [-0.25, -0.2) is 0 Å². The lowest BCUT2D eigenvalue weighted by Crippen LogP contribution is -1.93. The van der Waals surface area contributed by atoms with Crippen LogP contribution in [0.3, 0.4) is 0 Å². The SMILES string of the molecule is SCCCC1CCc2ccccc21.[HH]. The molecule has 72 valence electrons. The average molecular weight is 194 g/mol. The Morgan fingerprint density at radius 2 is 2.23 bits per heavy atom. The zero-order chi connectivity index (χ0) is 9.10. The van der Waals surface area contributed by atoms with Crippen molar-refractivity contribution in [2.75, 3.05) is 5.75 Å². The van der Waals surface area contributed by atoms with Gasteiger partial charge in [-0.15, -0.1) is 0 Å². The van der Waals surface area contributed by atoms with Gasteiger partial charge in [0.1, 0.15) is 0 Å². The Labute approximate surface area is 87.3 Å². The Kier molecular flexibility index (Phi) is 2.94. The van der Waals surface area contributed by atoms with Crippen LogP contribution in [0.4, 0.5) is 0 Å². The maximum Gasteiger partial charge on any atom is 0 e. The van der Waals surface area contributed by atoms with E-state index >= 15 is 0 Å². The van der Waals surface area contributed by atoms with E-state index in [9.17, 15) is 0 Å². The predicted molar refractivity (Wildman–Crippen MR) is 62.7 cm³/mol. The molecule has 13 heavy (non-hydrogen) atoms. The van der Waals surface area contributed by atoms with Gasteiger partial charge < -0.3 is 0 Å². The smallest absolute Gasteiger partial charge is 0 e. The van der Waals surface area contributed by atoms with Crippen molar-refractivity contribution in [3.63, 3.8) is 0 Å². The molecule has 1 atom stereocenters. The summed E-state index contributed by atoms with van der Waals surface area (Å²) >= 11 is 4.26. The topological polar surface area (TPSA) is 0 Å². The van der Waals surface area contributed by atoms with Gasteiger partial charge in [-0.05, 0) is 48.5 Å². The van der Waals surface area contributed by atoms with Crippen molar-refractivity contribution in [3.05, 3.63) is 35.4 Å². The maximum atomic E-state index is 4.26. The fourth-order valence-electron chi connectivity index (χ4n) is 2.28. The third-order valence-corrected chi connectivity index (χ3v) is 3.28. The van der Waals surface area contributed by atoms with E-state index in [1.54, 1.807) is 11.1 Å². The molecule has 0 aromatic heterocycles. The molecule has 0 fully saturated rings. The first-order chi connectivity index (χ1) is 6.42. The van der Waals surface area contributed by atoms with E-state index in [-0.39, 0.29) is 1.43 Å². The fraction of sp³-hybridized carbons (Fsp3) is 0.500. The van der Waals surface area contributed by atoms with Crippen molar-refractivity contribution in [2.45, 2.75) is 31.6 Å². The fourth-order valence-corrected chi connectivity index (χ4v) is 2.47. The molecule has 0 radical (unpaired) electrons. The second-order valence-electron chi connectivity index (χ2n) is 3.80. The second kappa shape index (κ2) is 4.19. The van der Waals surface area contributed by atoms with E-state index in [1.807, 2.05) is 0 Å². The molecule has 0 heterocycles. The van der Waals surface area contributed by atoms with Crippen molar-refractivity contribution in [1.82, 2.24) is 0 Å². The number of hydrogen-bond acceptors (Lipinski definition) is 1. The highest BCUT2D eigenvalue weighted by Gasteiger charge is 2.20. The molecule has 1 unspecified atom stereocenters. The lowest BCUT2D eigenvalue weighted by molar-refractivity contribution is 0.612. The van der Waals surface area contributed by atoms with Crippen molar-refractivity contribution in [2.24, 2.45) is 0 Å². The van der Waals surface area contributed by atoms with E-state index in [1.165, 1.54) is 25.7 Å². The van der Waals surface area contributed by atoms with E-state index in [0.717, 1.165) is 11.7 Å². The van der Waals surface area contributed by atoms with Crippen LogP contribution in [-0.4, -0.2) is 5.75 Å². The summed E-state index contributed by atoms with van der Waals surface area (Å²) in [6.07, 6.45) is 5.21. The van der Waals surface area contributed by atoms with Crippen molar-refractivity contribution < 1.29 is 1.43 Å². The highest BCUT2D eigenvalue weighted by atomic mass is 32.1. The van der Waals surface area contributed by atoms with Gasteiger partial charge in [0, 0.05) is 1.43 Å². The summed E-state index contributed by atoms with van der Waals surface area (Å²) in [6, 6.07) is 8.89. The molecule has 0 bridgehead atoms. The molecule has 0 saturated carbocycles. The molecule has 2 rings (SSSR count). The zero-order valence-electron chi connectivity index (χ0n) is 7.87. The molecular formula is C12H18S. The lowest BCUT2D eigenvalue weighted by Gasteiger charge is -2.09. The Morgan fingerprint density at radius 3 is 3.08 bits per heavy atom. The molecule has 0 N–H and O–H groups in total. The van der Waals surface area contributed by atoms with Crippen LogP contribution in [0.15, 0.2) is 24.3 Å². The summed E-state index contributed by atoms with van der Waals surface area (Å²) in [5.74, 6) is 1.85. The van der Waals surface area contributed by atoms with Crippen molar-refractivity contribution >= 4 is 12.6 Å². The summed E-state index contributed by atoms with van der Waals surface area (Å²) in [5, 5.41) is 0. The second-order valence-corrected chi connectivity index (χ2v) is 4.25. The Balaban J connectivity index is 0.000000980. The average Bonchev–Trinajstić information content (AvgIpc) is 2.58. The van der Waals surface area contributed by atoms with Crippen LogP contribution >= 0.6 is 12.6 Å². The molecule has 1 aliphatic rings. The molecule has 0 amide bonds. The van der Waals surface area contributed by atoms with E-state index in [2.05, 4.69) is 36.9 Å². The molecule has 0 aliphatic heterocycles. The first-order valence-electron chi connectivity index (χ1n) is 5.10. The number of hydrogen-bond donors (Lipinski definition) is 1. The van der Waals surface area contributed by atoms with Crippen LogP contribution in [0.2, 0.25) is 0 Å². The number of benzene rings is 1. The molecule has 1 aromatic carbocycles. The molecule has 0 saturated heterocycles. The summed E-state index contributed by atoms with van der Waals surface area (Å²) in [6.45, 7) is 0. The minimum Gasteiger partial charge on any atom is -0.179 e. The first-order valence-corrected chi connectivity index (χ1v) is 5.73. The number of fused-ring (bicyclic) bond motifs is 1. The van der Waals surface area contributed by atoms with Crippen molar-refractivity contribution in [3.8, 4) is 0 Å². The maximum absolute atomic E-state index is 4.26. The lowest BCUT2D eigenvalue weighted by atomic mass is 9.97. The summed E-state index contributed by atoms with van der Waals surface area (Å²) in [5.41, 5.74) is 3.18. The summed E-state index contributed by atoms with van der Waals surface area (Å²) < 4.78 is 0. The van der Waals surface area contributed by atoms with E-state index in [4.69, 9.17) is 0 Å². The third kappa shape index (κ3) is 1.91. The minimum atomic E-state index is 0. The molecule has 1 heteroatoms. The molecular weight excluding hydrogens is 176 g/mol. The van der Waals surface area contributed by atoms with E-state index < -0.39 is 0 Å². The van der Waals surface area contributed by atoms with Gasteiger partial charge in [-0.2, -0.15) is 12.6 Å². The van der Waals surface area contributed by atoms with Crippen LogP contribution in [0, 0.1) is 0 Å². The zero-order valence-corrected chi connectivity index (χ0v) is 8.76. The van der Waals surface area contributed by atoms with Crippen LogP contribution in [0.25, 0.3) is 0 Å². The van der Waals surface area contributed by atoms with Gasteiger partial charge in [0.25, 0.3) is 0 Å². The summed E-state index contributed by atoms with van der Waals surface area (Å²) in [7, 11) is 0. The Bertz CT molecular complexity index is 285. The van der Waals surface area contributed by atoms with Gasteiger partial charge >= 0.3 is 0 Å². The third-order valence-electron chi connectivity index (χ3n) is 2.97. The van der Waals surface area contributed by atoms with Gasteiger partial charge in [-0.3, -0.25) is 0 Å². The number of rotatable bonds is 3. The van der Waals surface area contributed by atoms with Crippen LogP contribution in [0.5, 0.6) is 0 Å². The number of thiol groups is 1.